The van der Waals surface area contributed by atoms with Crippen molar-refractivity contribution in [3.63, 3.8) is 0 Å². The fraction of sp³-hybridized carbons (Fsp3) is 0.200. The van der Waals surface area contributed by atoms with Gasteiger partial charge >= 0.3 is 0 Å². The Balaban J connectivity index is 2.58. The van der Waals surface area contributed by atoms with Crippen molar-refractivity contribution in [3.05, 3.63) is 48.6 Å². The molecular weight excluding hydrogens is 120 g/mol. The van der Waals surface area contributed by atoms with E-state index in [1.54, 1.807) is 0 Å². The van der Waals surface area contributed by atoms with Crippen LogP contribution < -0.4 is 0 Å². The summed E-state index contributed by atoms with van der Waals surface area (Å²) in [5.41, 5.74) is 2.50. The minimum atomic E-state index is 0.954. The summed E-state index contributed by atoms with van der Waals surface area (Å²) in [5, 5.41) is 0. The lowest BCUT2D eigenvalue weighted by Gasteiger charge is -1.94. The van der Waals surface area contributed by atoms with Gasteiger partial charge in [-0.05, 0) is 24.0 Å². The van der Waals surface area contributed by atoms with Gasteiger partial charge in [-0.1, -0.05) is 30.9 Å². The highest BCUT2D eigenvalue weighted by molar-refractivity contribution is 5.44. The molecule has 0 amide bonds. The Morgan fingerprint density at radius 2 is 2.40 bits per heavy atom. The smallest absolute Gasteiger partial charge is 0.00914 e. The van der Waals surface area contributed by atoms with Gasteiger partial charge in [-0.25, -0.2) is 0 Å². The zero-order chi connectivity index (χ0) is 7.40. The molecule has 0 atom stereocenters. The Morgan fingerprint density at radius 1 is 1.60 bits per heavy atom. The largest absolute Gasteiger partial charge is 0.103 e. The monoisotopic (exact) mass is 132 g/mol. The van der Waals surface area contributed by atoms with Crippen LogP contribution in [0.4, 0.5) is 0 Å². The summed E-state index contributed by atoms with van der Waals surface area (Å²) in [6.07, 6.45) is 10.3. The van der Waals surface area contributed by atoms with Crippen LogP contribution in [0.25, 0.3) is 0 Å². The first kappa shape index (κ1) is 7.07. The SMILES string of the molecule is C=CC/C=C1/CC=CC1=C. The van der Waals surface area contributed by atoms with Gasteiger partial charge in [0, 0.05) is 0 Å². The van der Waals surface area contributed by atoms with E-state index in [1.807, 2.05) is 6.08 Å². The highest BCUT2D eigenvalue weighted by Gasteiger charge is 2.02. The van der Waals surface area contributed by atoms with Gasteiger partial charge in [-0.3, -0.25) is 0 Å². The van der Waals surface area contributed by atoms with Gasteiger partial charge in [0.05, 0.1) is 0 Å². The molecule has 0 radical (unpaired) electrons. The van der Waals surface area contributed by atoms with Crippen molar-refractivity contribution < 1.29 is 0 Å². The summed E-state index contributed by atoms with van der Waals surface area (Å²) >= 11 is 0. The van der Waals surface area contributed by atoms with E-state index in [4.69, 9.17) is 0 Å². The molecule has 0 heteroatoms. The second-order valence-corrected chi connectivity index (χ2v) is 2.39. The number of allylic oxidation sites excluding steroid dienone is 6. The van der Waals surface area contributed by atoms with Crippen LogP contribution in [0.5, 0.6) is 0 Å². The van der Waals surface area contributed by atoms with Crippen LogP contribution in [0, 0.1) is 0 Å². The molecule has 0 heterocycles. The van der Waals surface area contributed by atoms with Crippen LogP contribution in [-0.2, 0) is 0 Å². The third-order valence-electron chi connectivity index (χ3n) is 1.60. The maximum absolute atomic E-state index is 3.90. The molecule has 1 aliphatic rings. The van der Waals surface area contributed by atoms with Gasteiger partial charge in [-0.2, -0.15) is 0 Å². The van der Waals surface area contributed by atoms with Gasteiger partial charge in [0.15, 0.2) is 0 Å². The molecule has 0 saturated carbocycles. The van der Waals surface area contributed by atoms with Crippen LogP contribution in [0.2, 0.25) is 0 Å². The summed E-state index contributed by atoms with van der Waals surface area (Å²) in [6.45, 7) is 7.55. The third kappa shape index (κ3) is 1.47. The van der Waals surface area contributed by atoms with E-state index in [2.05, 4.69) is 31.4 Å². The van der Waals surface area contributed by atoms with Crippen LogP contribution in [0.15, 0.2) is 48.6 Å². The molecule has 0 unspecified atom stereocenters. The summed E-state index contributed by atoms with van der Waals surface area (Å²) in [5.74, 6) is 0. The van der Waals surface area contributed by atoms with Crippen LogP contribution >= 0.6 is 0 Å². The Kier molecular flexibility index (Phi) is 2.27. The van der Waals surface area contributed by atoms with Gasteiger partial charge in [0.1, 0.15) is 0 Å². The highest BCUT2D eigenvalue weighted by Crippen LogP contribution is 2.21. The lowest BCUT2D eigenvalue weighted by molar-refractivity contribution is 1.25. The minimum Gasteiger partial charge on any atom is -0.103 e. The van der Waals surface area contributed by atoms with E-state index in [1.165, 1.54) is 5.57 Å². The molecular formula is C10H12. The molecule has 0 fully saturated rings. The molecule has 0 aromatic carbocycles. The molecule has 1 rings (SSSR count). The zero-order valence-electron chi connectivity index (χ0n) is 6.14. The Hall–Kier alpha value is -1.04. The Labute approximate surface area is 62.3 Å². The van der Waals surface area contributed by atoms with Crippen LogP contribution in [0.3, 0.4) is 0 Å². The molecule has 0 spiro atoms. The van der Waals surface area contributed by atoms with E-state index in [-0.39, 0.29) is 0 Å². The quantitative estimate of drug-likeness (QED) is 0.507. The van der Waals surface area contributed by atoms with Crippen molar-refractivity contribution in [2.45, 2.75) is 12.8 Å². The van der Waals surface area contributed by atoms with Crippen molar-refractivity contribution >= 4 is 0 Å². The fourth-order valence-corrected chi connectivity index (χ4v) is 1.01. The van der Waals surface area contributed by atoms with Crippen LogP contribution in [0.1, 0.15) is 12.8 Å². The van der Waals surface area contributed by atoms with E-state index in [0.29, 0.717) is 0 Å². The first-order chi connectivity index (χ1) is 4.84. The molecule has 0 aromatic heterocycles. The van der Waals surface area contributed by atoms with Gasteiger partial charge < -0.3 is 0 Å². The first-order valence-corrected chi connectivity index (χ1v) is 3.50. The van der Waals surface area contributed by atoms with Gasteiger partial charge in [0.25, 0.3) is 0 Å². The minimum absolute atomic E-state index is 0.954. The lowest BCUT2D eigenvalue weighted by Crippen LogP contribution is -1.75. The van der Waals surface area contributed by atoms with E-state index in [0.717, 1.165) is 18.4 Å². The van der Waals surface area contributed by atoms with Crippen molar-refractivity contribution in [3.8, 4) is 0 Å². The zero-order valence-corrected chi connectivity index (χ0v) is 6.14. The predicted molar refractivity (Wildman–Crippen MR) is 45.8 cm³/mol. The van der Waals surface area contributed by atoms with Crippen molar-refractivity contribution in [2.24, 2.45) is 0 Å². The van der Waals surface area contributed by atoms with E-state index in [9.17, 15) is 0 Å². The summed E-state index contributed by atoms with van der Waals surface area (Å²) < 4.78 is 0. The molecule has 0 aliphatic heterocycles. The lowest BCUT2D eigenvalue weighted by atomic mass is 10.1. The standard InChI is InChI=1S/C10H12/c1-3-4-7-10-8-5-6-9(10)2/h3,5-7H,1-2,4,8H2/b10-7-. The molecule has 10 heavy (non-hydrogen) atoms. The van der Waals surface area contributed by atoms with Crippen molar-refractivity contribution in [2.75, 3.05) is 0 Å². The van der Waals surface area contributed by atoms with Crippen LogP contribution in [-0.4, -0.2) is 0 Å². The second-order valence-electron chi connectivity index (χ2n) is 2.39. The molecule has 0 saturated heterocycles. The predicted octanol–water partition coefficient (Wildman–Crippen LogP) is 3.01. The summed E-state index contributed by atoms with van der Waals surface area (Å²) in [6, 6.07) is 0. The second kappa shape index (κ2) is 3.21. The summed E-state index contributed by atoms with van der Waals surface area (Å²) in [4.78, 5) is 0. The normalized spacial score (nSPS) is 20.4. The first-order valence-electron chi connectivity index (χ1n) is 3.50. The number of rotatable bonds is 2. The van der Waals surface area contributed by atoms with Gasteiger partial charge in [-0.15, -0.1) is 6.58 Å². The molecule has 0 N–H and O–H groups in total. The summed E-state index contributed by atoms with van der Waals surface area (Å²) in [7, 11) is 0. The topological polar surface area (TPSA) is 0 Å². The highest BCUT2D eigenvalue weighted by atomic mass is 14.1. The average molecular weight is 132 g/mol. The van der Waals surface area contributed by atoms with Crippen molar-refractivity contribution in [1.82, 2.24) is 0 Å². The average Bonchev–Trinajstić information content (AvgIpc) is 2.31. The molecule has 0 aromatic rings. The third-order valence-corrected chi connectivity index (χ3v) is 1.60. The molecule has 0 nitrogen and oxygen atoms in total. The molecule has 0 bridgehead atoms. The number of hydrogen-bond donors (Lipinski definition) is 0. The fourth-order valence-electron chi connectivity index (χ4n) is 1.01. The Bertz CT molecular complexity index is 204. The van der Waals surface area contributed by atoms with E-state index < -0.39 is 0 Å². The maximum atomic E-state index is 3.90. The molecule has 52 valence electrons. The Morgan fingerprint density at radius 3 is 2.90 bits per heavy atom. The van der Waals surface area contributed by atoms with Gasteiger partial charge in [0.2, 0.25) is 0 Å². The number of hydrogen-bond acceptors (Lipinski definition) is 0. The van der Waals surface area contributed by atoms with E-state index >= 15 is 0 Å². The van der Waals surface area contributed by atoms with Crippen molar-refractivity contribution in [1.29, 1.82) is 0 Å². The molecule has 1 aliphatic carbocycles. The maximum Gasteiger partial charge on any atom is -0.00914 e.